The molecule has 0 unspecified atom stereocenters. The largest absolute Gasteiger partial charge is 0.117 e. The molecule has 2 aromatic rings. The zero-order valence-electron chi connectivity index (χ0n) is 11.3. The van der Waals surface area contributed by atoms with Crippen LogP contribution in [0.15, 0.2) is 57.5 Å². The fourth-order valence-electron chi connectivity index (χ4n) is 2.77. The summed E-state index contributed by atoms with van der Waals surface area (Å²) in [6.45, 7) is 4.67. The highest BCUT2D eigenvalue weighted by Gasteiger charge is 2.33. The summed E-state index contributed by atoms with van der Waals surface area (Å²) in [6.07, 6.45) is 0. The van der Waals surface area contributed by atoms with Gasteiger partial charge < -0.3 is 0 Å². The Labute approximate surface area is 133 Å². The Morgan fingerprint density at radius 3 is 1.26 bits per heavy atom. The molecule has 19 heavy (non-hydrogen) atoms. The van der Waals surface area contributed by atoms with Crippen molar-refractivity contribution < 1.29 is 0 Å². The van der Waals surface area contributed by atoms with Gasteiger partial charge in [-0.2, -0.15) is 0 Å². The first-order valence-corrected chi connectivity index (χ1v) is 10.6. The molecule has 0 saturated carbocycles. The number of benzene rings is 2. The van der Waals surface area contributed by atoms with Gasteiger partial charge in [0.15, 0.2) is 0 Å². The molecule has 0 bridgehead atoms. The van der Waals surface area contributed by atoms with Gasteiger partial charge in [0, 0.05) is 8.95 Å². The first kappa shape index (κ1) is 15.0. The van der Waals surface area contributed by atoms with Crippen LogP contribution in [0.3, 0.4) is 0 Å². The minimum absolute atomic E-state index is 1.15. The molecule has 0 atom stereocenters. The van der Waals surface area contributed by atoms with E-state index in [-0.39, 0.29) is 0 Å². The van der Waals surface area contributed by atoms with Gasteiger partial charge in [0.05, 0.1) is 0 Å². The van der Waals surface area contributed by atoms with E-state index in [1.807, 2.05) is 0 Å². The monoisotopic (exact) mass is 396 g/mol. The number of rotatable bonds is 4. The first-order chi connectivity index (χ1) is 9.12. The second-order valence-corrected chi connectivity index (χ2v) is 11.4. The SMILES string of the molecule is CC[Si](CC)(c1ccc(Br)cc1)c1ccc(Br)cc1. The summed E-state index contributed by atoms with van der Waals surface area (Å²) in [5.74, 6) is 0. The van der Waals surface area contributed by atoms with Gasteiger partial charge in [-0.15, -0.1) is 0 Å². The van der Waals surface area contributed by atoms with Crippen LogP contribution < -0.4 is 10.4 Å². The Bertz CT molecular complexity index is 480. The third kappa shape index (κ3) is 3.04. The van der Waals surface area contributed by atoms with Crippen LogP contribution in [-0.2, 0) is 0 Å². The van der Waals surface area contributed by atoms with Crippen LogP contribution in [0.25, 0.3) is 0 Å². The molecule has 0 aromatic heterocycles. The lowest BCUT2D eigenvalue weighted by Gasteiger charge is -2.31. The van der Waals surface area contributed by atoms with Crippen LogP contribution in [0.4, 0.5) is 0 Å². The third-order valence-corrected chi connectivity index (χ3v) is 10.3. The highest BCUT2D eigenvalue weighted by atomic mass is 79.9. The molecule has 2 aromatic carbocycles. The molecule has 0 nitrogen and oxygen atoms in total. The van der Waals surface area contributed by atoms with E-state index in [2.05, 4.69) is 94.2 Å². The predicted molar refractivity (Wildman–Crippen MR) is 94.3 cm³/mol. The van der Waals surface area contributed by atoms with E-state index in [0.29, 0.717) is 0 Å². The average molecular weight is 398 g/mol. The average Bonchev–Trinajstić information content (AvgIpc) is 2.44. The van der Waals surface area contributed by atoms with Gasteiger partial charge in [0.25, 0.3) is 0 Å². The normalized spacial score (nSPS) is 11.6. The fourth-order valence-corrected chi connectivity index (χ4v) is 7.38. The Balaban J connectivity index is 2.53. The molecule has 3 heteroatoms. The smallest absolute Gasteiger partial charge is 0.0672 e. The maximum Gasteiger partial charge on any atom is 0.117 e. The molecule has 0 amide bonds. The summed E-state index contributed by atoms with van der Waals surface area (Å²) < 4.78 is 2.31. The molecule has 0 spiro atoms. The molecular weight excluding hydrogens is 380 g/mol. The van der Waals surface area contributed by atoms with Crippen molar-refractivity contribution in [3.63, 3.8) is 0 Å². The zero-order chi connectivity index (χ0) is 13.9. The Kier molecular flexibility index (Phi) is 5.04. The quantitative estimate of drug-likeness (QED) is 0.649. The predicted octanol–water partition coefficient (Wildman–Crippen LogP) is 4.81. The molecule has 0 aliphatic carbocycles. The Hall–Kier alpha value is -0.383. The number of hydrogen-bond donors (Lipinski definition) is 0. The minimum Gasteiger partial charge on any atom is -0.0672 e. The molecular formula is C16H18Br2Si. The Morgan fingerprint density at radius 1 is 0.684 bits per heavy atom. The van der Waals surface area contributed by atoms with Crippen molar-refractivity contribution in [2.45, 2.75) is 25.9 Å². The summed E-state index contributed by atoms with van der Waals surface area (Å²) in [6, 6.07) is 20.3. The van der Waals surface area contributed by atoms with E-state index in [4.69, 9.17) is 0 Å². The van der Waals surface area contributed by atoms with Gasteiger partial charge in [-0.1, -0.05) is 92.4 Å². The van der Waals surface area contributed by atoms with Crippen molar-refractivity contribution in [1.29, 1.82) is 0 Å². The summed E-state index contributed by atoms with van der Waals surface area (Å²) in [7, 11) is -1.58. The van der Waals surface area contributed by atoms with Crippen LogP contribution in [0.2, 0.25) is 12.1 Å². The fraction of sp³-hybridized carbons (Fsp3) is 0.250. The highest BCUT2D eigenvalue weighted by Crippen LogP contribution is 2.19. The van der Waals surface area contributed by atoms with E-state index in [0.717, 1.165) is 8.95 Å². The molecule has 0 fully saturated rings. The van der Waals surface area contributed by atoms with Gasteiger partial charge in [-0.3, -0.25) is 0 Å². The summed E-state index contributed by atoms with van der Waals surface area (Å²) in [5.41, 5.74) is 0. The topological polar surface area (TPSA) is 0 Å². The number of halogens is 2. The van der Waals surface area contributed by atoms with E-state index in [1.54, 1.807) is 0 Å². The van der Waals surface area contributed by atoms with Crippen molar-refractivity contribution in [2.75, 3.05) is 0 Å². The summed E-state index contributed by atoms with van der Waals surface area (Å²) >= 11 is 7.06. The van der Waals surface area contributed by atoms with E-state index >= 15 is 0 Å². The van der Waals surface area contributed by atoms with Crippen molar-refractivity contribution in [3.05, 3.63) is 57.5 Å². The summed E-state index contributed by atoms with van der Waals surface area (Å²) in [5, 5.41) is 3.06. The van der Waals surface area contributed by atoms with Crippen molar-refractivity contribution >= 4 is 50.3 Å². The maximum absolute atomic E-state index is 3.53. The molecule has 0 heterocycles. The van der Waals surface area contributed by atoms with Gasteiger partial charge in [-0.25, -0.2) is 0 Å². The van der Waals surface area contributed by atoms with Crippen LogP contribution in [-0.4, -0.2) is 8.07 Å². The van der Waals surface area contributed by atoms with E-state index in [1.165, 1.54) is 22.5 Å². The lowest BCUT2D eigenvalue weighted by atomic mass is 10.4. The van der Waals surface area contributed by atoms with Gasteiger partial charge >= 0.3 is 0 Å². The van der Waals surface area contributed by atoms with E-state index < -0.39 is 8.07 Å². The van der Waals surface area contributed by atoms with Gasteiger partial charge in [-0.05, 0) is 24.3 Å². The minimum atomic E-state index is -1.58. The lowest BCUT2D eigenvalue weighted by Crippen LogP contribution is -2.57. The first-order valence-electron chi connectivity index (χ1n) is 6.64. The van der Waals surface area contributed by atoms with Crippen molar-refractivity contribution in [3.8, 4) is 0 Å². The summed E-state index contributed by atoms with van der Waals surface area (Å²) in [4.78, 5) is 0. The standard InChI is InChI=1S/C16H18Br2Si/c1-3-19(4-2,15-9-5-13(17)6-10-15)16-11-7-14(18)8-12-16/h5-12H,3-4H2,1-2H3. The molecule has 100 valence electrons. The van der Waals surface area contributed by atoms with Crippen LogP contribution in [0.5, 0.6) is 0 Å². The van der Waals surface area contributed by atoms with E-state index in [9.17, 15) is 0 Å². The highest BCUT2D eigenvalue weighted by molar-refractivity contribution is 9.10. The molecule has 0 aliphatic rings. The van der Waals surface area contributed by atoms with Crippen molar-refractivity contribution in [2.24, 2.45) is 0 Å². The molecule has 2 rings (SSSR count). The van der Waals surface area contributed by atoms with Gasteiger partial charge in [0.2, 0.25) is 0 Å². The molecule has 0 aliphatic heterocycles. The zero-order valence-corrected chi connectivity index (χ0v) is 15.5. The maximum atomic E-state index is 3.53. The van der Waals surface area contributed by atoms with Crippen LogP contribution >= 0.6 is 31.9 Å². The molecule has 0 N–H and O–H groups in total. The lowest BCUT2D eigenvalue weighted by molar-refractivity contribution is 1.29. The third-order valence-electron chi connectivity index (χ3n) is 4.00. The molecule has 0 radical (unpaired) electrons. The van der Waals surface area contributed by atoms with Crippen LogP contribution in [0, 0.1) is 0 Å². The van der Waals surface area contributed by atoms with Crippen molar-refractivity contribution in [1.82, 2.24) is 0 Å². The second-order valence-electron chi connectivity index (χ2n) is 4.80. The van der Waals surface area contributed by atoms with Gasteiger partial charge in [0.1, 0.15) is 8.07 Å². The van der Waals surface area contributed by atoms with Crippen LogP contribution in [0.1, 0.15) is 13.8 Å². The molecule has 0 saturated heterocycles. The second kappa shape index (κ2) is 6.38. The Morgan fingerprint density at radius 2 is 1.00 bits per heavy atom. The number of hydrogen-bond acceptors (Lipinski definition) is 0.